The monoisotopic (exact) mass is 454 g/mol. The minimum absolute atomic E-state index is 0.117. The van der Waals surface area contributed by atoms with Gasteiger partial charge >= 0.3 is 0 Å². The smallest absolute Gasteiger partial charge is 0.235 e. The van der Waals surface area contributed by atoms with Gasteiger partial charge in [0.2, 0.25) is 5.91 Å². The minimum Gasteiger partial charge on any atom is -0.497 e. The van der Waals surface area contributed by atoms with Crippen molar-refractivity contribution in [3.63, 3.8) is 0 Å². The third-order valence-corrected chi connectivity index (χ3v) is 5.16. The van der Waals surface area contributed by atoms with E-state index in [1.165, 1.54) is 11.8 Å². The number of carbonyl (C=O) groups is 1. The molecule has 0 atom stereocenters. The number of thioether (sulfide) groups is 1. The molecule has 3 aromatic rings. The molecule has 0 saturated heterocycles. The second-order valence-corrected chi connectivity index (χ2v) is 7.47. The fourth-order valence-electron chi connectivity index (χ4n) is 2.32. The summed E-state index contributed by atoms with van der Waals surface area (Å²) in [4.78, 5) is 20.9. The average Bonchev–Trinajstić information content (AvgIpc) is 2.73. The molecule has 1 amide bonds. The van der Waals surface area contributed by atoms with Crippen LogP contribution in [0, 0.1) is 11.3 Å². The summed E-state index contributed by atoms with van der Waals surface area (Å²) in [7, 11) is 1.61. The van der Waals surface area contributed by atoms with E-state index in [4.69, 9.17) is 4.74 Å². The highest BCUT2D eigenvalue weighted by Gasteiger charge is 2.11. The lowest BCUT2D eigenvalue weighted by Crippen LogP contribution is -2.15. The highest BCUT2D eigenvalue weighted by molar-refractivity contribution is 9.10. The van der Waals surface area contributed by atoms with Crippen molar-refractivity contribution in [1.29, 1.82) is 5.26 Å². The van der Waals surface area contributed by atoms with Crippen LogP contribution < -0.4 is 10.1 Å². The fraction of sp³-hybridized carbons (Fsp3) is 0.100. The van der Waals surface area contributed by atoms with Crippen LogP contribution in [0.4, 0.5) is 5.82 Å². The van der Waals surface area contributed by atoms with Gasteiger partial charge in [-0.05, 0) is 64.5 Å². The summed E-state index contributed by atoms with van der Waals surface area (Å²) in [5, 5.41) is 12.6. The Bertz CT molecular complexity index is 1020. The first kappa shape index (κ1) is 19.9. The van der Waals surface area contributed by atoms with Crippen LogP contribution in [0.15, 0.2) is 64.2 Å². The Balaban J connectivity index is 1.72. The maximum absolute atomic E-state index is 12.2. The number of nitriles is 1. The molecule has 3 rings (SSSR count). The molecule has 8 heteroatoms. The van der Waals surface area contributed by atoms with Crippen molar-refractivity contribution < 1.29 is 9.53 Å². The van der Waals surface area contributed by atoms with E-state index in [0.29, 0.717) is 16.4 Å². The van der Waals surface area contributed by atoms with Crippen LogP contribution in [0.2, 0.25) is 0 Å². The van der Waals surface area contributed by atoms with E-state index in [-0.39, 0.29) is 11.7 Å². The summed E-state index contributed by atoms with van der Waals surface area (Å²) < 4.78 is 6.00. The van der Waals surface area contributed by atoms with Crippen molar-refractivity contribution in [3.05, 3.63) is 64.8 Å². The maximum Gasteiger partial charge on any atom is 0.235 e. The molecule has 0 aliphatic rings. The normalized spacial score (nSPS) is 10.2. The Morgan fingerprint density at radius 2 is 2.00 bits per heavy atom. The lowest BCUT2D eigenvalue weighted by molar-refractivity contribution is -0.113. The molecule has 6 nitrogen and oxygen atoms in total. The van der Waals surface area contributed by atoms with Crippen molar-refractivity contribution in [2.24, 2.45) is 0 Å². The van der Waals surface area contributed by atoms with Gasteiger partial charge in [-0.1, -0.05) is 11.8 Å². The van der Waals surface area contributed by atoms with Gasteiger partial charge in [-0.15, -0.1) is 0 Å². The van der Waals surface area contributed by atoms with E-state index < -0.39 is 0 Å². The number of aromatic nitrogens is 2. The third-order valence-electron chi connectivity index (χ3n) is 3.70. The number of carbonyl (C=O) groups excluding carboxylic acids is 1. The molecular weight excluding hydrogens is 440 g/mol. The van der Waals surface area contributed by atoms with Crippen LogP contribution in [-0.2, 0) is 4.79 Å². The second kappa shape index (κ2) is 9.35. The predicted molar refractivity (Wildman–Crippen MR) is 112 cm³/mol. The number of hydrogen-bond donors (Lipinski definition) is 1. The van der Waals surface area contributed by atoms with Gasteiger partial charge in [0.1, 0.15) is 22.7 Å². The lowest BCUT2D eigenvalue weighted by atomic mass is 10.1. The molecule has 2 heterocycles. The number of hydrogen-bond acceptors (Lipinski definition) is 6. The van der Waals surface area contributed by atoms with Crippen LogP contribution in [0.1, 0.15) is 5.56 Å². The molecule has 140 valence electrons. The quantitative estimate of drug-likeness (QED) is 0.550. The van der Waals surface area contributed by atoms with Gasteiger partial charge in [0.05, 0.1) is 24.1 Å². The van der Waals surface area contributed by atoms with E-state index in [1.54, 1.807) is 37.6 Å². The fourth-order valence-corrected chi connectivity index (χ4v) is 3.33. The molecule has 0 spiro atoms. The highest BCUT2D eigenvalue weighted by atomic mass is 79.9. The van der Waals surface area contributed by atoms with Gasteiger partial charge in [-0.3, -0.25) is 4.79 Å². The first-order valence-electron chi connectivity index (χ1n) is 8.19. The largest absolute Gasteiger partial charge is 0.497 e. The van der Waals surface area contributed by atoms with Gasteiger partial charge in [0.25, 0.3) is 0 Å². The average molecular weight is 455 g/mol. The topological polar surface area (TPSA) is 87.9 Å². The van der Waals surface area contributed by atoms with Gasteiger partial charge in [-0.25, -0.2) is 9.97 Å². The number of benzene rings is 1. The number of halogens is 1. The van der Waals surface area contributed by atoms with Gasteiger partial charge in [-0.2, -0.15) is 5.26 Å². The molecule has 0 aliphatic heterocycles. The number of rotatable bonds is 6. The summed E-state index contributed by atoms with van der Waals surface area (Å²) in [5.41, 5.74) is 2.05. The zero-order valence-electron chi connectivity index (χ0n) is 14.8. The molecule has 2 aromatic heterocycles. The summed E-state index contributed by atoms with van der Waals surface area (Å²) in [6.07, 6.45) is 1.61. The van der Waals surface area contributed by atoms with Crippen molar-refractivity contribution in [1.82, 2.24) is 9.97 Å². The van der Waals surface area contributed by atoms with Gasteiger partial charge < -0.3 is 10.1 Å². The van der Waals surface area contributed by atoms with E-state index >= 15 is 0 Å². The number of pyridine rings is 2. The Morgan fingerprint density at radius 1 is 1.21 bits per heavy atom. The molecule has 0 unspecified atom stereocenters. The Morgan fingerprint density at radius 3 is 2.64 bits per heavy atom. The zero-order valence-corrected chi connectivity index (χ0v) is 17.3. The molecule has 0 fully saturated rings. The first-order chi connectivity index (χ1) is 13.6. The molecule has 28 heavy (non-hydrogen) atoms. The second-order valence-electron chi connectivity index (χ2n) is 5.59. The molecule has 0 radical (unpaired) electrons. The minimum atomic E-state index is -0.222. The number of methoxy groups -OCH3 is 1. The predicted octanol–water partition coefficient (Wildman–Crippen LogP) is 4.52. The molecule has 0 bridgehead atoms. The molecule has 0 aliphatic carbocycles. The number of ether oxygens (including phenoxy) is 1. The number of anilines is 1. The van der Waals surface area contributed by atoms with Crippen LogP contribution in [0.5, 0.6) is 5.75 Å². The van der Waals surface area contributed by atoms with Crippen LogP contribution in [0.3, 0.4) is 0 Å². The number of nitrogens with zero attached hydrogens (tertiary/aromatic N) is 3. The molecular formula is C20H15BrN4O2S. The summed E-state index contributed by atoms with van der Waals surface area (Å²) >= 11 is 4.51. The number of amides is 1. The summed E-state index contributed by atoms with van der Waals surface area (Å²) in [6, 6.07) is 16.6. The third kappa shape index (κ3) is 5.09. The van der Waals surface area contributed by atoms with E-state index in [0.717, 1.165) is 21.5 Å². The summed E-state index contributed by atoms with van der Waals surface area (Å²) in [6.45, 7) is 0. The van der Waals surface area contributed by atoms with Crippen molar-refractivity contribution in [2.75, 3.05) is 18.2 Å². The van der Waals surface area contributed by atoms with Crippen LogP contribution >= 0.6 is 27.7 Å². The van der Waals surface area contributed by atoms with Gasteiger partial charge in [0.15, 0.2) is 0 Å². The molecule has 1 N–H and O–H groups in total. The Hall–Kier alpha value is -2.89. The zero-order chi connectivity index (χ0) is 19.9. The van der Waals surface area contributed by atoms with Crippen molar-refractivity contribution in [2.45, 2.75) is 5.03 Å². The first-order valence-corrected chi connectivity index (χ1v) is 9.96. The Kier molecular flexibility index (Phi) is 6.63. The van der Waals surface area contributed by atoms with E-state index in [2.05, 4.69) is 37.3 Å². The summed E-state index contributed by atoms with van der Waals surface area (Å²) in [5.74, 6) is 1.12. The van der Waals surface area contributed by atoms with Crippen LogP contribution in [-0.4, -0.2) is 28.7 Å². The molecule has 0 saturated carbocycles. The standard InChI is InChI=1S/C20H15BrN4O2S/c1-27-16-6-2-13(3-7-16)17-8-4-14(10-22)20(24-17)28-12-19(26)25-18-9-5-15(21)11-23-18/h2-9,11H,12H2,1H3,(H,23,25,26). The van der Waals surface area contributed by atoms with Gasteiger partial charge in [0, 0.05) is 16.2 Å². The van der Waals surface area contributed by atoms with E-state index in [1.807, 2.05) is 24.3 Å². The maximum atomic E-state index is 12.2. The van der Waals surface area contributed by atoms with Crippen molar-refractivity contribution >= 4 is 39.4 Å². The SMILES string of the molecule is COc1ccc(-c2ccc(C#N)c(SCC(=O)Nc3ccc(Br)cn3)n2)cc1. The number of nitrogens with one attached hydrogen (secondary N) is 1. The van der Waals surface area contributed by atoms with Crippen LogP contribution in [0.25, 0.3) is 11.3 Å². The van der Waals surface area contributed by atoms with E-state index in [9.17, 15) is 10.1 Å². The molecule has 1 aromatic carbocycles. The lowest BCUT2D eigenvalue weighted by Gasteiger charge is -2.08. The highest BCUT2D eigenvalue weighted by Crippen LogP contribution is 2.26. The Labute approximate surface area is 175 Å². The van der Waals surface area contributed by atoms with Crippen molar-refractivity contribution in [3.8, 4) is 23.1 Å².